The van der Waals surface area contributed by atoms with Gasteiger partial charge in [-0.1, -0.05) is 6.92 Å². The van der Waals surface area contributed by atoms with Gasteiger partial charge < -0.3 is 14.7 Å². The molecule has 0 saturated heterocycles. The quantitative estimate of drug-likeness (QED) is 0.570. The van der Waals surface area contributed by atoms with Crippen molar-refractivity contribution in [1.29, 1.82) is 0 Å². The highest BCUT2D eigenvalue weighted by Crippen LogP contribution is 2.30. The lowest BCUT2D eigenvalue weighted by Crippen LogP contribution is -2.49. The van der Waals surface area contributed by atoms with Crippen LogP contribution in [0.25, 0.3) is 11.1 Å². The van der Waals surface area contributed by atoms with E-state index in [1.807, 2.05) is 26.1 Å². The molecule has 0 fully saturated rings. The third-order valence-corrected chi connectivity index (χ3v) is 6.11. The van der Waals surface area contributed by atoms with Crippen molar-refractivity contribution in [1.82, 2.24) is 29.7 Å². The summed E-state index contributed by atoms with van der Waals surface area (Å²) in [6.07, 6.45) is 9.86. The summed E-state index contributed by atoms with van der Waals surface area (Å²) in [4.78, 5) is 34.2. The number of aliphatic hydroxyl groups is 1. The Labute approximate surface area is 199 Å². The van der Waals surface area contributed by atoms with E-state index in [0.29, 0.717) is 24.5 Å². The van der Waals surface area contributed by atoms with Gasteiger partial charge in [-0.05, 0) is 37.7 Å². The Morgan fingerprint density at radius 1 is 1.18 bits per heavy atom. The summed E-state index contributed by atoms with van der Waals surface area (Å²) < 4.78 is 6.37. The zero-order valence-electron chi connectivity index (χ0n) is 19.7. The smallest absolute Gasteiger partial charge is 0.259 e. The van der Waals surface area contributed by atoms with Gasteiger partial charge in [0.15, 0.2) is 0 Å². The van der Waals surface area contributed by atoms with Crippen LogP contribution in [0.1, 0.15) is 29.8 Å². The molecule has 3 aromatic heterocycles. The van der Waals surface area contributed by atoms with Gasteiger partial charge in [0, 0.05) is 67.7 Å². The van der Waals surface area contributed by atoms with Crippen LogP contribution in [-0.4, -0.2) is 79.6 Å². The maximum atomic E-state index is 13.5. The third-order valence-electron chi connectivity index (χ3n) is 6.11. The average molecular weight is 463 g/mol. The summed E-state index contributed by atoms with van der Waals surface area (Å²) in [5, 5.41) is 9.84. The highest BCUT2D eigenvalue weighted by atomic mass is 16.5. The number of hydrogen-bond donors (Lipinski definition) is 1. The molecule has 3 atom stereocenters. The molecule has 0 spiro atoms. The molecule has 178 valence electrons. The number of amides is 1. The molecule has 9 heteroatoms. The Kier molecular flexibility index (Phi) is 7.44. The summed E-state index contributed by atoms with van der Waals surface area (Å²) in [5.41, 5.74) is 3.02. The van der Waals surface area contributed by atoms with E-state index in [9.17, 15) is 9.90 Å². The molecule has 0 bridgehead atoms. The van der Waals surface area contributed by atoms with Gasteiger partial charge in [-0.2, -0.15) is 0 Å². The van der Waals surface area contributed by atoms with Crippen molar-refractivity contribution < 1.29 is 14.6 Å². The number of carbonyl (C=O) groups is 1. The van der Waals surface area contributed by atoms with E-state index in [4.69, 9.17) is 4.74 Å². The maximum absolute atomic E-state index is 13.5. The first-order valence-corrected chi connectivity index (χ1v) is 11.4. The summed E-state index contributed by atoms with van der Waals surface area (Å²) in [7, 11) is 2.04. The number of ether oxygens (including phenoxy) is 1. The number of aliphatic hydroxyl groups excluding tert-OH is 1. The number of nitrogens with zero attached hydrogens (tertiary/aromatic N) is 6. The van der Waals surface area contributed by atoms with Crippen LogP contribution in [0.4, 0.5) is 0 Å². The first kappa shape index (κ1) is 23.7. The molecular weight excluding hydrogens is 432 g/mol. The van der Waals surface area contributed by atoms with E-state index >= 15 is 0 Å². The second-order valence-corrected chi connectivity index (χ2v) is 8.88. The molecule has 3 aromatic rings. The number of rotatable bonds is 7. The maximum Gasteiger partial charge on any atom is 0.259 e. The van der Waals surface area contributed by atoms with E-state index in [0.717, 1.165) is 23.2 Å². The molecule has 1 amide bonds. The van der Waals surface area contributed by atoms with Gasteiger partial charge in [0.25, 0.3) is 5.91 Å². The van der Waals surface area contributed by atoms with Gasteiger partial charge in [-0.3, -0.25) is 14.7 Å². The monoisotopic (exact) mass is 462 g/mol. The minimum absolute atomic E-state index is 0.0231. The van der Waals surface area contributed by atoms with Crippen LogP contribution in [0, 0.1) is 5.92 Å². The largest absolute Gasteiger partial charge is 0.472 e. The molecule has 34 heavy (non-hydrogen) atoms. The lowest BCUT2D eigenvalue weighted by atomic mass is 9.99. The molecule has 1 aliphatic heterocycles. The van der Waals surface area contributed by atoms with Gasteiger partial charge >= 0.3 is 0 Å². The zero-order chi connectivity index (χ0) is 24.1. The van der Waals surface area contributed by atoms with E-state index in [2.05, 4.69) is 31.8 Å². The Bertz CT molecular complexity index is 1100. The molecule has 4 heterocycles. The van der Waals surface area contributed by atoms with Gasteiger partial charge in [-0.25, -0.2) is 15.0 Å². The minimum Gasteiger partial charge on any atom is -0.472 e. The zero-order valence-corrected chi connectivity index (χ0v) is 19.7. The normalized spacial score (nSPS) is 19.2. The van der Waals surface area contributed by atoms with Crippen LogP contribution in [0.3, 0.4) is 0 Å². The van der Waals surface area contributed by atoms with Gasteiger partial charge in [0.05, 0.1) is 12.6 Å². The number of fused-ring (bicyclic) bond motifs is 1. The van der Waals surface area contributed by atoms with Gasteiger partial charge in [0.1, 0.15) is 18.0 Å². The molecular formula is C25H30N6O3. The summed E-state index contributed by atoms with van der Waals surface area (Å²) in [6.45, 7) is 5.65. The topological polar surface area (TPSA) is 105 Å². The molecule has 0 aliphatic carbocycles. The van der Waals surface area contributed by atoms with Crippen LogP contribution in [0.2, 0.25) is 0 Å². The van der Waals surface area contributed by atoms with Crippen molar-refractivity contribution in [2.75, 3.05) is 26.7 Å². The van der Waals surface area contributed by atoms with Crippen molar-refractivity contribution in [3.63, 3.8) is 0 Å². The second-order valence-electron chi connectivity index (χ2n) is 8.88. The lowest BCUT2D eigenvalue weighted by molar-refractivity contribution is 0.0325. The fraction of sp³-hybridized carbons (Fsp3) is 0.400. The standard InChI is InChI=1S/C25H30N6O3/c1-17-12-31(18(2)15-32)25(33)22-8-20(21-9-27-16-28-10-21)11-29-24(22)34-23(17)14-30(3)13-19-4-6-26-7-5-19/h4-11,16-18,23,32H,12-15H2,1-3H3/t17-,18-,23-/m1/s1. The molecule has 0 radical (unpaired) electrons. The number of aromatic nitrogens is 4. The van der Waals surface area contributed by atoms with Crippen LogP contribution in [0.15, 0.2) is 55.5 Å². The summed E-state index contributed by atoms with van der Waals surface area (Å²) in [6, 6.07) is 5.43. The van der Waals surface area contributed by atoms with Crippen molar-refractivity contribution in [2.45, 2.75) is 32.5 Å². The second kappa shape index (κ2) is 10.7. The van der Waals surface area contributed by atoms with Crippen molar-refractivity contribution in [3.05, 3.63) is 66.6 Å². The van der Waals surface area contributed by atoms with Crippen LogP contribution >= 0.6 is 0 Å². The third kappa shape index (κ3) is 5.37. The SMILES string of the molecule is C[C@@H]1CN([C@H](C)CO)C(=O)c2cc(-c3cncnc3)cnc2O[C@@H]1CN(C)Cc1ccncc1. The molecule has 0 saturated carbocycles. The predicted octanol–water partition coefficient (Wildman–Crippen LogP) is 2.29. The molecule has 0 unspecified atom stereocenters. The molecule has 1 N–H and O–H groups in total. The Morgan fingerprint density at radius 2 is 1.91 bits per heavy atom. The van der Waals surface area contributed by atoms with Crippen molar-refractivity contribution in [3.8, 4) is 17.0 Å². The van der Waals surface area contributed by atoms with E-state index in [-0.39, 0.29) is 30.6 Å². The number of likely N-dealkylation sites (N-methyl/N-ethyl adjacent to an activating group) is 1. The highest BCUT2D eigenvalue weighted by Gasteiger charge is 2.34. The van der Waals surface area contributed by atoms with Gasteiger partial charge in [0.2, 0.25) is 5.88 Å². The molecule has 1 aliphatic rings. The first-order valence-electron chi connectivity index (χ1n) is 11.4. The van der Waals surface area contributed by atoms with Crippen molar-refractivity contribution >= 4 is 5.91 Å². The highest BCUT2D eigenvalue weighted by molar-refractivity contribution is 5.98. The molecule has 0 aromatic carbocycles. The Hall–Kier alpha value is -3.43. The number of hydrogen-bond acceptors (Lipinski definition) is 8. The lowest BCUT2D eigenvalue weighted by Gasteiger charge is -2.37. The minimum atomic E-state index is -0.334. The summed E-state index contributed by atoms with van der Waals surface area (Å²) >= 11 is 0. The predicted molar refractivity (Wildman–Crippen MR) is 127 cm³/mol. The molecule has 9 nitrogen and oxygen atoms in total. The Balaban J connectivity index is 1.65. The van der Waals surface area contributed by atoms with Crippen LogP contribution in [0.5, 0.6) is 5.88 Å². The summed E-state index contributed by atoms with van der Waals surface area (Å²) in [5.74, 6) is 0.114. The molecule has 4 rings (SSSR count). The number of carbonyl (C=O) groups excluding carboxylic acids is 1. The van der Waals surface area contributed by atoms with Crippen LogP contribution in [-0.2, 0) is 6.54 Å². The first-order chi connectivity index (χ1) is 16.5. The Morgan fingerprint density at radius 3 is 2.62 bits per heavy atom. The number of pyridine rings is 2. The van der Waals surface area contributed by atoms with Crippen molar-refractivity contribution in [2.24, 2.45) is 5.92 Å². The van der Waals surface area contributed by atoms with E-state index in [1.165, 1.54) is 6.33 Å². The van der Waals surface area contributed by atoms with E-state index < -0.39 is 0 Å². The van der Waals surface area contributed by atoms with E-state index in [1.54, 1.807) is 42.0 Å². The van der Waals surface area contributed by atoms with Crippen LogP contribution < -0.4 is 4.74 Å². The average Bonchev–Trinajstić information content (AvgIpc) is 2.86. The fourth-order valence-electron chi connectivity index (χ4n) is 4.10. The fourth-order valence-corrected chi connectivity index (χ4v) is 4.10. The van der Waals surface area contributed by atoms with Gasteiger partial charge in [-0.15, -0.1) is 0 Å².